The van der Waals surface area contributed by atoms with E-state index in [9.17, 15) is 0 Å². The molecule has 2 saturated heterocycles. The molecule has 1 atom stereocenters. The van der Waals surface area contributed by atoms with Crippen molar-refractivity contribution in [3.05, 3.63) is 17.8 Å². The second kappa shape index (κ2) is 7.61. The lowest BCUT2D eigenvalue weighted by Crippen LogP contribution is -2.43. The van der Waals surface area contributed by atoms with Crippen LogP contribution in [0.25, 0.3) is 11.4 Å². The minimum Gasteiger partial charge on any atom is -0.384 e. The van der Waals surface area contributed by atoms with E-state index in [1.807, 2.05) is 13.0 Å². The maximum atomic E-state index is 5.81. The molecule has 2 aromatic heterocycles. The highest BCUT2D eigenvalue weighted by atomic mass is 16.5. The Morgan fingerprint density at radius 3 is 2.44 bits per heavy atom. The van der Waals surface area contributed by atoms with Crippen molar-refractivity contribution in [3.8, 4) is 11.4 Å². The standard InChI is InChI=1S/C18H25N7O2/c1-12-9-15(19)20-10-14(12)16-21-17(24-3-6-26-7-4-24)23-18(22-16)25-5-8-27-13(2)11-25/h9-10,13H,3-8,11H2,1-2H3,(H2,19,20). The van der Waals surface area contributed by atoms with Crippen LogP contribution < -0.4 is 15.5 Å². The summed E-state index contributed by atoms with van der Waals surface area (Å²) in [7, 11) is 0. The van der Waals surface area contributed by atoms with Crippen LogP contribution in [0.1, 0.15) is 12.5 Å². The smallest absolute Gasteiger partial charge is 0.230 e. The lowest BCUT2D eigenvalue weighted by atomic mass is 10.1. The molecule has 2 fully saturated rings. The van der Waals surface area contributed by atoms with E-state index < -0.39 is 0 Å². The maximum absolute atomic E-state index is 5.81. The molecular formula is C18H25N7O2. The Balaban J connectivity index is 1.76. The summed E-state index contributed by atoms with van der Waals surface area (Å²) in [6, 6.07) is 1.84. The number of anilines is 3. The average molecular weight is 371 g/mol. The lowest BCUT2D eigenvalue weighted by molar-refractivity contribution is 0.0526. The van der Waals surface area contributed by atoms with E-state index in [1.54, 1.807) is 6.20 Å². The van der Waals surface area contributed by atoms with Crippen molar-refractivity contribution in [2.45, 2.75) is 20.0 Å². The SMILES string of the molecule is Cc1cc(N)ncc1-c1nc(N2CCOCC2)nc(N2CCOC(C)C2)n1. The van der Waals surface area contributed by atoms with Gasteiger partial charge in [-0.3, -0.25) is 0 Å². The Morgan fingerprint density at radius 1 is 1.04 bits per heavy atom. The van der Waals surface area contributed by atoms with Crippen LogP contribution in [0.15, 0.2) is 12.3 Å². The van der Waals surface area contributed by atoms with Gasteiger partial charge in [0, 0.05) is 37.9 Å². The first-order valence-electron chi connectivity index (χ1n) is 9.28. The van der Waals surface area contributed by atoms with Crippen molar-refractivity contribution in [1.82, 2.24) is 19.9 Å². The van der Waals surface area contributed by atoms with Crippen LogP contribution in [0, 0.1) is 6.92 Å². The summed E-state index contributed by atoms with van der Waals surface area (Å²) in [5, 5.41) is 0. The van der Waals surface area contributed by atoms with Gasteiger partial charge in [-0.2, -0.15) is 15.0 Å². The zero-order chi connectivity index (χ0) is 18.8. The van der Waals surface area contributed by atoms with Crippen LogP contribution in [0.5, 0.6) is 0 Å². The van der Waals surface area contributed by atoms with Gasteiger partial charge in [-0.15, -0.1) is 0 Å². The summed E-state index contributed by atoms with van der Waals surface area (Å²) in [5.74, 6) is 2.45. The fourth-order valence-corrected chi connectivity index (χ4v) is 3.33. The van der Waals surface area contributed by atoms with E-state index in [2.05, 4.69) is 21.7 Å². The summed E-state index contributed by atoms with van der Waals surface area (Å²) in [6.45, 7) is 9.11. The van der Waals surface area contributed by atoms with Crippen molar-refractivity contribution in [2.75, 3.05) is 61.5 Å². The molecule has 2 aliphatic rings. The van der Waals surface area contributed by atoms with Crippen LogP contribution in [-0.4, -0.2) is 72.0 Å². The fourth-order valence-electron chi connectivity index (χ4n) is 3.33. The van der Waals surface area contributed by atoms with E-state index in [0.29, 0.717) is 43.4 Å². The van der Waals surface area contributed by atoms with Crippen molar-refractivity contribution >= 4 is 17.7 Å². The second-order valence-electron chi connectivity index (χ2n) is 6.91. The highest BCUT2D eigenvalue weighted by Crippen LogP contribution is 2.25. The average Bonchev–Trinajstić information content (AvgIpc) is 2.68. The predicted molar refractivity (Wildman–Crippen MR) is 103 cm³/mol. The number of aromatic nitrogens is 4. The highest BCUT2D eigenvalue weighted by molar-refractivity contribution is 5.63. The van der Waals surface area contributed by atoms with E-state index in [-0.39, 0.29) is 6.10 Å². The molecule has 0 aromatic carbocycles. The van der Waals surface area contributed by atoms with Crippen molar-refractivity contribution in [3.63, 3.8) is 0 Å². The largest absolute Gasteiger partial charge is 0.384 e. The number of hydrogen-bond donors (Lipinski definition) is 1. The predicted octanol–water partition coefficient (Wildman–Crippen LogP) is 0.886. The molecule has 4 heterocycles. The third-order valence-corrected chi connectivity index (χ3v) is 4.80. The van der Waals surface area contributed by atoms with Crippen LogP contribution in [0.3, 0.4) is 0 Å². The number of rotatable bonds is 3. The Kier molecular flexibility index (Phi) is 5.04. The molecule has 2 aromatic rings. The number of nitrogens with zero attached hydrogens (tertiary/aromatic N) is 6. The monoisotopic (exact) mass is 371 g/mol. The van der Waals surface area contributed by atoms with Crippen molar-refractivity contribution in [1.29, 1.82) is 0 Å². The summed E-state index contributed by atoms with van der Waals surface area (Å²) < 4.78 is 11.1. The molecule has 0 bridgehead atoms. The Labute approximate surface area is 158 Å². The minimum absolute atomic E-state index is 0.144. The van der Waals surface area contributed by atoms with Gasteiger partial charge in [-0.25, -0.2) is 4.98 Å². The van der Waals surface area contributed by atoms with E-state index >= 15 is 0 Å². The van der Waals surface area contributed by atoms with E-state index in [4.69, 9.17) is 30.2 Å². The van der Waals surface area contributed by atoms with E-state index in [0.717, 1.165) is 37.3 Å². The maximum Gasteiger partial charge on any atom is 0.230 e. The zero-order valence-corrected chi connectivity index (χ0v) is 15.8. The van der Waals surface area contributed by atoms with Crippen LogP contribution in [0.4, 0.5) is 17.7 Å². The first kappa shape index (κ1) is 17.9. The van der Waals surface area contributed by atoms with Crippen LogP contribution in [0.2, 0.25) is 0 Å². The highest BCUT2D eigenvalue weighted by Gasteiger charge is 2.23. The first-order chi connectivity index (χ1) is 13.1. The topological polar surface area (TPSA) is 103 Å². The second-order valence-corrected chi connectivity index (χ2v) is 6.91. The molecule has 2 aliphatic heterocycles. The number of nitrogens with two attached hydrogens (primary N) is 1. The Hall–Kier alpha value is -2.52. The van der Waals surface area contributed by atoms with Crippen LogP contribution in [-0.2, 0) is 9.47 Å². The Bertz CT molecular complexity index is 810. The van der Waals surface area contributed by atoms with Gasteiger partial charge >= 0.3 is 0 Å². The Morgan fingerprint density at radius 2 is 1.74 bits per heavy atom. The number of hydrogen-bond acceptors (Lipinski definition) is 9. The molecular weight excluding hydrogens is 346 g/mol. The van der Waals surface area contributed by atoms with Gasteiger partial charge in [0.05, 0.1) is 25.9 Å². The van der Waals surface area contributed by atoms with Crippen molar-refractivity contribution < 1.29 is 9.47 Å². The molecule has 0 amide bonds. The lowest BCUT2D eigenvalue weighted by Gasteiger charge is -2.32. The number of pyridine rings is 1. The summed E-state index contributed by atoms with van der Waals surface area (Å²) in [5.41, 5.74) is 7.66. The number of ether oxygens (including phenoxy) is 2. The van der Waals surface area contributed by atoms with Gasteiger partial charge in [0.15, 0.2) is 5.82 Å². The number of nitrogen functional groups attached to an aromatic ring is 1. The van der Waals surface area contributed by atoms with Gasteiger partial charge in [0.2, 0.25) is 11.9 Å². The molecule has 0 spiro atoms. The number of aryl methyl sites for hydroxylation is 1. The molecule has 9 heteroatoms. The number of morpholine rings is 2. The van der Waals surface area contributed by atoms with Gasteiger partial charge in [-0.1, -0.05) is 0 Å². The molecule has 4 rings (SSSR count). The summed E-state index contributed by atoms with van der Waals surface area (Å²) >= 11 is 0. The molecule has 2 N–H and O–H groups in total. The molecule has 27 heavy (non-hydrogen) atoms. The van der Waals surface area contributed by atoms with Crippen LogP contribution >= 0.6 is 0 Å². The van der Waals surface area contributed by atoms with Gasteiger partial charge < -0.3 is 25.0 Å². The first-order valence-corrected chi connectivity index (χ1v) is 9.28. The van der Waals surface area contributed by atoms with E-state index in [1.165, 1.54) is 0 Å². The van der Waals surface area contributed by atoms with Gasteiger partial charge in [-0.05, 0) is 25.5 Å². The normalized spacial score (nSPS) is 20.7. The molecule has 144 valence electrons. The summed E-state index contributed by atoms with van der Waals surface area (Å²) in [4.78, 5) is 22.8. The molecule has 9 nitrogen and oxygen atoms in total. The van der Waals surface area contributed by atoms with Crippen molar-refractivity contribution in [2.24, 2.45) is 0 Å². The zero-order valence-electron chi connectivity index (χ0n) is 15.8. The molecule has 0 radical (unpaired) electrons. The fraction of sp³-hybridized carbons (Fsp3) is 0.556. The van der Waals surface area contributed by atoms with Gasteiger partial charge in [0.25, 0.3) is 0 Å². The third kappa shape index (κ3) is 3.93. The molecule has 0 aliphatic carbocycles. The molecule has 1 unspecified atom stereocenters. The quantitative estimate of drug-likeness (QED) is 0.842. The minimum atomic E-state index is 0.144. The summed E-state index contributed by atoms with van der Waals surface area (Å²) in [6.07, 6.45) is 1.88. The third-order valence-electron chi connectivity index (χ3n) is 4.80. The van der Waals surface area contributed by atoms with Gasteiger partial charge in [0.1, 0.15) is 5.82 Å². The molecule has 0 saturated carbocycles.